The Hall–Kier alpha value is -6.31. The van der Waals surface area contributed by atoms with Crippen molar-refractivity contribution in [1.29, 1.82) is 10.5 Å². The maximum atomic E-state index is 16.1. The summed E-state index contributed by atoms with van der Waals surface area (Å²) in [7, 11) is 1.97. The summed E-state index contributed by atoms with van der Waals surface area (Å²) in [6.45, 7) is 3.90. The predicted molar refractivity (Wildman–Crippen MR) is 224 cm³/mol. The van der Waals surface area contributed by atoms with Gasteiger partial charge in [0.05, 0.1) is 60.3 Å². The number of thioether (sulfide) groups is 1. The van der Waals surface area contributed by atoms with Crippen LogP contribution in [0.3, 0.4) is 0 Å². The SMILES string of the molecule is C[C@@H](SC1COC(/C=C/C=C/c2ccc(C#N)cc2F)OC1)[C@@](Cn1cncn1)(OC(=O)c1cc(C#N)ccc1COC(=O)CCC(=O)N1CCN(C)CC1)c1ccc(F)cc1F. The van der Waals surface area contributed by atoms with E-state index in [4.69, 9.17) is 24.2 Å². The van der Waals surface area contributed by atoms with Crippen LogP contribution in [0.15, 0.2) is 85.5 Å². The molecule has 2 aliphatic rings. The fraction of sp³-hybridized carbons (Fsp3) is 0.356. The molecule has 2 saturated heterocycles. The molecule has 0 N–H and O–H groups in total. The molecular formula is C45H44F3N7O7S. The fourth-order valence-corrected chi connectivity index (χ4v) is 8.32. The highest BCUT2D eigenvalue weighted by Crippen LogP contribution is 2.42. The van der Waals surface area contributed by atoms with E-state index in [1.807, 2.05) is 19.2 Å². The number of halogens is 3. The quantitative estimate of drug-likeness (QED) is 0.0960. The van der Waals surface area contributed by atoms with Gasteiger partial charge in [-0.2, -0.15) is 15.6 Å². The first-order chi connectivity index (χ1) is 30.4. The van der Waals surface area contributed by atoms with Gasteiger partial charge in [0.15, 0.2) is 11.9 Å². The number of ether oxygens (including phenoxy) is 4. The summed E-state index contributed by atoms with van der Waals surface area (Å²) < 4.78 is 69.9. The molecule has 0 bridgehead atoms. The number of esters is 2. The second-order valence-corrected chi connectivity index (χ2v) is 16.5. The van der Waals surface area contributed by atoms with Crippen LogP contribution in [0.2, 0.25) is 0 Å². The number of likely N-dealkylation sites (N-methyl/N-ethyl adjacent to an activating group) is 1. The molecule has 3 heterocycles. The van der Waals surface area contributed by atoms with Crippen LogP contribution in [0.4, 0.5) is 13.2 Å². The molecule has 0 radical (unpaired) electrons. The van der Waals surface area contributed by atoms with Crippen molar-refractivity contribution >= 4 is 35.7 Å². The maximum Gasteiger partial charge on any atom is 0.339 e. The number of nitriles is 2. The highest BCUT2D eigenvalue weighted by Gasteiger charge is 2.47. The van der Waals surface area contributed by atoms with Crippen LogP contribution >= 0.6 is 11.8 Å². The molecule has 18 heteroatoms. The van der Waals surface area contributed by atoms with Crippen molar-refractivity contribution < 1.29 is 46.5 Å². The molecule has 14 nitrogen and oxygen atoms in total. The summed E-state index contributed by atoms with van der Waals surface area (Å²) in [6, 6.07) is 15.1. The molecule has 0 unspecified atom stereocenters. The van der Waals surface area contributed by atoms with Gasteiger partial charge in [0.1, 0.15) is 36.7 Å². The van der Waals surface area contributed by atoms with E-state index in [2.05, 4.69) is 15.0 Å². The number of allylic oxidation sites excluding steroid dienone is 2. The van der Waals surface area contributed by atoms with Gasteiger partial charge in [-0.3, -0.25) is 9.59 Å². The first-order valence-electron chi connectivity index (χ1n) is 20.0. The van der Waals surface area contributed by atoms with Gasteiger partial charge >= 0.3 is 11.9 Å². The van der Waals surface area contributed by atoms with Gasteiger partial charge in [-0.1, -0.05) is 30.4 Å². The van der Waals surface area contributed by atoms with Gasteiger partial charge in [-0.05, 0) is 56.4 Å². The maximum absolute atomic E-state index is 16.1. The molecule has 1 amide bonds. The Morgan fingerprint density at radius 3 is 2.37 bits per heavy atom. The molecule has 2 atom stereocenters. The van der Waals surface area contributed by atoms with E-state index in [1.165, 1.54) is 71.6 Å². The third-order valence-corrected chi connectivity index (χ3v) is 11.9. The molecule has 3 aromatic carbocycles. The Labute approximate surface area is 366 Å². The lowest BCUT2D eigenvalue weighted by Gasteiger charge is -2.40. The van der Waals surface area contributed by atoms with Crippen molar-refractivity contribution in [2.75, 3.05) is 46.4 Å². The van der Waals surface area contributed by atoms with E-state index in [1.54, 1.807) is 30.1 Å². The molecule has 4 aromatic rings. The summed E-state index contributed by atoms with van der Waals surface area (Å²) in [5.74, 6) is -4.25. The standard InChI is InChI=1S/C45H44F3N7O7S/c1-30(63-36-25-60-43(61-26-36)6-4-3-5-33-9-7-32(23-50)20-39(33)47)45(27-55-29-51-28-52-55,38-12-11-35(46)21-40(38)48)62-44(58)37-19-31(22-49)8-10-34(37)24-59-42(57)14-13-41(56)54-17-15-53(2)16-18-54/h3-12,19-21,28-30,36,43H,13-18,24-27H2,1-2H3/b5-3+,6-4+/t30-,36?,43?,45-/m1/s1. The highest BCUT2D eigenvalue weighted by atomic mass is 32.2. The number of benzene rings is 3. The predicted octanol–water partition coefficient (Wildman–Crippen LogP) is 5.92. The number of amides is 1. The van der Waals surface area contributed by atoms with Crippen molar-refractivity contribution in [2.45, 2.75) is 55.3 Å². The van der Waals surface area contributed by atoms with Crippen molar-refractivity contribution in [3.05, 3.63) is 136 Å². The Balaban J connectivity index is 1.19. The second-order valence-electron chi connectivity index (χ2n) is 14.9. The van der Waals surface area contributed by atoms with Crippen molar-refractivity contribution in [2.24, 2.45) is 0 Å². The monoisotopic (exact) mass is 883 g/mol. The first kappa shape index (κ1) is 46.2. The normalized spacial score (nSPS) is 18.4. The van der Waals surface area contributed by atoms with Gasteiger partial charge in [0, 0.05) is 60.6 Å². The molecular weight excluding hydrogens is 840 g/mol. The number of hydrogen-bond acceptors (Lipinski definition) is 13. The average Bonchev–Trinajstić information content (AvgIpc) is 3.80. The lowest BCUT2D eigenvalue weighted by molar-refractivity contribution is -0.147. The van der Waals surface area contributed by atoms with Gasteiger partial charge in [-0.15, -0.1) is 11.8 Å². The van der Waals surface area contributed by atoms with Crippen LogP contribution in [0.5, 0.6) is 0 Å². The molecule has 2 fully saturated rings. The van der Waals surface area contributed by atoms with Crippen molar-refractivity contribution in [3.63, 3.8) is 0 Å². The average molecular weight is 884 g/mol. The Morgan fingerprint density at radius 2 is 1.68 bits per heavy atom. The minimum atomic E-state index is -1.92. The summed E-state index contributed by atoms with van der Waals surface area (Å²) >= 11 is 1.26. The van der Waals surface area contributed by atoms with E-state index in [0.717, 1.165) is 25.2 Å². The van der Waals surface area contributed by atoms with Crippen LogP contribution in [-0.2, 0) is 47.3 Å². The molecule has 6 rings (SSSR count). The fourth-order valence-electron chi connectivity index (χ4n) is 6.96. The second kappa shape index (κ2) is 21.7. The van der Waals surface area contributed by atoms with Crippen LogP contribution < -0.4 is 0 Å². The summed E-state index contributed by atoms with van der Waals surface area (Å²) in [6.07, 6.45) is 8.00. The number of piperazine rings is 1. The lowest BCUT2D eigenvalue weighted by atomic mass is 9.89. The van der Waals surface area contributed by atoms with Crippen molar-refractivity contribution in [3.8, 4) is 12.1 Å². The smallest absolute Gasteiger partial charge is 0.339 e. The van der Waals surface area contributed by atoms with Crippen LogP contribution in [0.25, 0.3) is 6.08 Å². The Kier molecular flexibility index (Phi) is 15.9. The number of nitrogens with zero attached hydrogens (tertiary/aromatic N) is 7. The minimum absolute atomic E-state index is 0.0521. The number of rotatable bonds is 16. The topological polar surface area (TPSA) is 173 Å². The minimum Gasteiger partial charge on any atom is -0.461 e. The van der Waals surface area contributed by atoms with Crippen LogP contribution in [0, 0.1) is 40.1 Å². The van der Waals surface area contributed by atoms with E-state index in [0.29, 0.717) is 24.7 Å². The van der Waals surface area contributed by atoms with Crippen molar-refractivity contribution in [1.82, 2.24) is 24.6 Å². The van der Waals surface area contributed by atoms with Gasteiger partial charge in [0.25, 0.3) is 0 Å². The number of hydrogen-bond donors (Lipinski definition) is 0. The van der Waals surface area contributed by atoms with E-state index < -0.39 is 53.1 Å². The van der Waals surface area contributed by atoms with Gasteiger partial charge in [-0.25, -0.2) is 27.6 Å². The molecule has 328 valence electrons. The van der Waals surface area contributed by atoms with Crippen LogP contribution in [0.1, 0.15) is 57.9 Å². The van der Waals surface area contributed by atoms with Crippen LogP contribution in [-0.4, -0.2) is 106 Å². The molecule has 1 aromatic heterocycles. The summed E-state index contributed by atoms with van der Waals surface area (Å²) in [5.41, 5.74) is -1.47. The Morgan fingerprint density at radius 1 is 0.952 bits per heavy atom. The molecule has 0 aliphatic carbocycles. The zero-order valence-electron chi connectivity index (χ0n) is 34.5. The number of carbonyl (C=O) groups is 3. The third kappa shape index (κ3) is 12.2. The zero-order chi connectivity index (χ0) is 44.9. The highest BCUT2D eigenvalue weighted by molar-refractivity contribution is 8.00. The van der Waals surface area contributed by atoms with E-state index >= 15 is 4.39 Å². The first-order valence-corrected chi connectivity index (χ1v) is 20.9. The van der Waals surface area contributed by atoms with Gasteiger partial charge in [0.2, 0.25) is 5.91 Å². The summed E-state index contributed by atoms with van der Waals surface area (Å²) in [4.78, 5) is 47.9. The van der Waals surface area contributed by atoms with E-state index in [-0.39, 0.29) is 71.6 Å². The largest absolute Gasteiger partial charge is 0.461 e. The Bertz CT molecular complexity index is 2410. The zero-order valence-corrected chi connectivity index (χ0v) is 35.3. The lowest BCUT2D eigenvalue weighted by Crippen LogP contribution is -2.47. The summed E-state index contributed by atoms with van der Waals surface area (Å²) in [5, 5.41) is 21.7. The third-order valence-electron chi connectivity index (χ3n) is 10.5. The molecule has 0 saturated carbocycles. The number of aromatic nitrogens is 3. The van der Waals surface area contributed by atoms with E-state index in [9.17, 15) is 28.4 Å². The molecule has 2 aliphatic heterocycles. The number of carbonyl (C=O) groups excluding carboxylic acids is 3. The van der Waals surface area contributed by atoms with Gasteiger partial charge < -0.3 is 28.7 Å². The molecule has 63 heavy (non-hydrogen) atoms. The molecule has 0 spiro atoms.